The first-order chi connectivity index (χ1) is 9.49. The minimum Gasteiger partial charge on any atom is -0.507 e. The normalized spacial score (nSPS) is 11.7. The molecule has 0 aliphatic rings. The predicted molar refractivity (Wildman–Crippen MR) is 77.5 cm³/mol. The fraction of sp³-hybridized carbons (Fsp3) is 0. The third-order valence-electron chi connectivity index (χ3n) is 2.44. The van der Waals surface area contributed by atoms with Gasteiger partial charge in [-0.1, -0.05) is 23.7 Å². The molecule has 0 atom stereocenters. The van der Waals surface area contributed by atoms with Crippen molar-refractivity contribution < 1.29 is 13.5 Å². The molecule has 0 saturated carbocycles. The summed E-state index contributed by atoms with van der Waals surface area (Å²) in [5.74, 6) is 0.0157. The molecule has 2 rings (SSSR count). The average molecular weight is 311 g/mol. The molecular weight excluding hydrogens is 300 g/mol. The highest BCUT2D eigenvalue weighted by Gasteiger charge is 2.11. The third kappa shape index (κ3) is 3.49. The molecule has 20 heavy (non-hydrogen) atoms. The lowest BCUT2D eigenvalue weighted by Crippen LogP contribution is -2.18. The summed E-state index contributed by atoms with van der Waals surface area (Å²) in [5.41, 5.74) is 0.409. The number of nitrogens with one attached hydrogen (secondary N) is 1. The lowest BCUT2D eigenvalue weighted by molar-refractivity contribution is 0.474. The Hall–Kier alpha value is -2.05. The van der Waals surface area contributed by atoms with Crippen LogP contribution < -0.4 is 4.83 Å². The van der Waals surface area contributed by atoms with E-state index in [4.69, 9.17) is 11.6 Å². The zero-order chi connectivity index (χ0) is 14.6. The smallest absolute Gasteiger partial charge is 0.276 e. The quantitative estimate of drug-likeness (QED) is 0.672. The van der Waals surface area contributed by atoms with Crippen molar-refractivity contribution >= 4 is 27.8 Å². The van der Waals surface area contributed by atoms with E-state index >= 15 is 0 Å². The molecule has 0 fully saturated rings. The number of aromatic hydroxyl groups is 1. The van der Waals surface area contributed by atoms with Crippen LogP contribution in [0, 0.1) is 0 Å². The number of rotatable bonds is 4. The number of para-hydroxylation sites is 1. The molecule has 0 heterocycles. The standard InChI is InChI=1S/C13H11ClN2O3S/c14-11-5-7-12(8-6-11)20(18,19)16-15-9-10-3-1-2-4-13(10)17/h1-9,16-17H. The summed E-state index contributed by atoms with van der Waals surface area (Å²) in [5, 5.41) is 13.6. The van der Waals surface area contributed by atoms with Gasteiger partial charge in [-0.05, 0) is 36.4 Å². The molecule has 0 radical (unpaired) electrons. The van der Waals surface area contributed by atoms with Gasteiger partial charge in [0.05, 0.1) is 11.1 Å². The van der Waals surface area contributed by atoms with Crippen LogP contribution in [0.4, 0.5) is 0 Å². The largest absolute Gasteiger partial charge is 0.507 e. The molecule has 2 N–H and O–H groups in total. The predicted octanol–water partition coefficient (Wildman–Crippen LogP) is 2.36. The Kier molecular flexibility index (Phi) is 4.26. The Balaban J connectivity index is 2.14. The number of hydrazone groups is 1. The number of sulfonamides is 1. The summed E-state index contributed by atoms with van der Waals surface area (Å²) < 4.78 is 23.8. The minimum absolute atomic E-state index is 0.0157. The van der Waals surface area contributed by atoms with Crippen molar-refractivity contribution in [1.82, 2.24) is 4.83 Å². The van der Waals surface area contributed by atoms with Crippen LogP contribution in [0.3, 0.4) is 0 Å². The summed E-state index contributed by atoms with van der Waals surface area (Å²) >= 11 is 5.69. The molecule has 2 aromatic rings. The molecule has 0 aliphatic heterocycles. The van der Waals surface area contributed by atoms with E-state index < -0.39 is 10.0 Å². The first-order valence-electron chi connectivity index (χ1n) is 5.57. The van der Waals surface area contributed by atoms with E-state index in [1.807, 2.05) is 0 Å². The maximum atomic E-state index is 11.9. The van der Waals surface area contributed by atoms with E-state index in [9.17, 15) is 13.5 Å². The Bertz CT molecular complexity index is 728. The minimum atomic E-state index is -3.75. The molecular formula is C13H11ClN2O3S. The number of hydrogen-bond donors (Lipinski definition) is 2. The maximum Gasteiger partial charge on any atom is 0.276 e. The third-order valence-corrected chi connectivity index (χ3v) is 3.93. The Morgan fingerprint density at radius 2 is 1.75 bits per heavy atom. The molecule has 2 aromatic carbocycles. The molecule has 104 valence electrons. The van der Waals surface area contributed by atoms with Gasteiger partial charge in [0.2, 0.25) is 0 Å². The van der Waals surface area contributed by atoms with Crippen LogP contribution in [0.1, 0.15) is 5.56 Å². The first kappa shape index (κ1) is 14.4. The average Bonchev–Trinajstić information content (AvgIpc) is 2.41. The van der Waals surface area contributed by atoms with Crippen molar-refractivity contribution in [2.75, 3.05) is 0 Å². The lowest BCUT2D eigenvalue weighted by Gasteiger charge is -2.03. The molecule has 0 aromatic heterocycles. The molecule has 0 saturated heterocycles. The number of nitrogens with zero attached hydrogens (tertiary/aromatic N) is 1. The van der Waals surface area contributed by atoms with E-state index in [-0.39, 0.29) is 10.6 Å². The Morgan fingerprint density at radius 3 is 2.40 bits per heavy atom. The zero-order valence-electron chi connectivity index (χ0n) is 10.2. The van der Waals surface area contributed by atoms with Crippen LogP contribution in [-0.2, 0) is 10.0 Å². The number of phenolic OH excluding ortho intramolecular Hbond substituents is 1. The number of benzene rings is 2. The summed E-state index contributed by atoms with van der Waals surface area (Å²) in [6, 6.07) is 12.1. The highest BCUT2D eigenvalue weighted by atomic mass is 35.5. The van der Waals surface area contributed by atoms with Gasteiger partial charge in [-0.3, -0.25) is 0 Å². The van der Waals surface area contributed by atoms with Gasteiger partial charge < -0.3 is 5.11 Å². The Labute approximate surface area is 121 Å². The summed E-state index contributed by atoms with van der Waals surface area (Å²) in [6.45, 7) is 0. The zero-order valence-corrected chi connectivity index (χ0v) is 11.8. The SMILES string of the molecule is O=S(=O)(NN=Cc1ccccc1O)c1ccc(Cl)cc1. The van der Waals surface area contributed by atoms with Crippen molar-refractivity contribution in [1.29, 1.82) is 0 Å². The van der Waals surface area contributed by atoms with Gasteiger partial charge in [-0.15, -0.1) is 0 Å². The van der Waals surface area contributed by atoms with Gasteiger partial charge in [0, 0.05) is 10.6 Å². The van der Waals surface area contributed by atoms with E-state index in [2.05, 4.69) is 9.93 Å². The van der Waals surface area contributed by atoms with Crippen LogP contribution in [0.2, 0.25) is 5.02 Å². The van der Waals surface area contributed by atoms with Gasteiger partial charge >= 0.3 is 0 Å². The van der Waals surface area contributed by atoms with Crippen molar-refractivity contribution in [3.05, 3.63) is 59.1 Å². The second-order valence-electron chi connectivity index (χ2n) is 3.87. The monoisotopic (exact) mass is 310 g/mol. The number of hydrogen-bond acceptors (Lipinski definition) is 4. The summed E-state index contributed by atoms with van der Waals surface area (Å²) in [4.78, 5) is 2.11. The molecule has 0 bridgehead atoms. The molecule has 0 spiro atoms. The molecule has 5 nitrogen and oxygen atoms in total. The van der Waals surface area contributed by atoms with Crippen LogP contribution >= 0.6 is 11.6 Å². The van der Waals surface area contributed by atoms with Crippen molar-refractivity contribution in [3.63, 3.8) is 0 Å². The van der Waals surface area contributed by atoms with Gasteiger partial charge in [0.25, 0.3) is 10.0 Å². The lowest BCUT2D eigenvalue weighted by atomic mass is 10.2. The maximum absolute atomic E-state index is 11.9. The summed E-state index contributed by atoms with van der Waals surface area (Å²) in [6.07, 6.45) is 1.23. The van der Waals surface area contributed by atoms with Gasteiger partial charge in [-0.2, -0.15) is 13.5 Å². The fourth-order valence-corrected chi connectivity index (χ4v) is 2.35. The fourth-order valence-electron chi connectivity index (χ4n) is 1.43. The number of halogens is 1. The van der Waals surface area contributed by atoms with E-state index in [1.165, 1.54) is 36.5 Å². The highest BCUT2D eigenvalue weighted by molar-refractivity contribution is 7.89. The van der Waals surface area contributed by atoms with Gasteiger partial charge in [0.15, 0.2) is 0 Å². The van der Waals surface area contributed by atoms with E-state index in [0.29, 0.717) is 10.6 Å². The van der Waals surface area contributed by atoms with E-state index in [0.717, 1.165) is 0 Å². The van der Waals surface area contributed by atoms with Gasteiger partial charge in [0.1, 0.15) is 5.75 Å². The van der Waals surface area contributed by atoms with Crippen LogP contribution in [0.15, 0.2) is 58.5 Å². The van der Waals surface area contributed by atoms with Crippen molar-refractivity contribution in [2.45, 2.75) is 4.90 Å². The molecule has 7 heteroatoms. The van der Waals surface area contributed by atoms with Gasteiger partial charge in [-0.25, -0.2) is 4.83 Å². The number of phenols is 1. The van der Waals surface area contributed by atoms with Crippen molar-refractivity contribution in [2.24, 2.45) is 5.10 Å². The molecule has 0 aliphatic carbocycles. The molecule has 0 amide bonds. The van der Waals surface area contributed by atoms with Crippen molar-refractivity contribution in [3.8, 4) is 5.75 Å². The van der Waals surface area contributed by atoms with Crippen LogP contribution in [0.5, 0.6) is 5.75 Å². The van der Waals surface area contributed by atoms with Crippen LogP contribution in [-0.4, -0.2) is 19.7 Å². The molecule has 0 unspecified atom stereocenters. The first-order valence-corrected chi connectivity index (χ1v) is 7.43. The van der Waals surface area contributed by atoms with Crippen LogP contribution in [0.25, 0.3) is 0 Å². The highest BCUT2D eigenvalue weighted by Crippen LogP contribution is 2.14. The van der Waals surface area contributed by atoms with E-state index in [1.54, 1.807) is 18.2 Å². The second kappa shape index (κ2) is 5.94. The topological polar surface area (TPSA) is 78.8 Å². The Morgan fingerprint density at radius 1 is 1.10 bits per heavy atom. The second-order valence-corrected chi connectivity index (χ2v) is 5.96. The summed E-state index contributed by atoms with van der Waals surface area (Å²) in [7, 11) is -3.75.